The third-order valence-corrected chi connectivity index (χ3v) is 6.77. The van der Waals surface area contributed by atoms with Crippen molar-refractivity contribution >= 4 is 39.6 Å². The van der Waals surface area contributed by atoms with Gasteiger partial charge in [-0.1, -0.05) is 106 Å². The molecule has 0 amide bonds. The van der Waals surface area contributed by atoms with E-state index >= 15 is 0 Å². The molecule has 38 heavy (non-hydrogen) atoms. The Hall–Kier alpha value is -3.41. The molecule has 196 valence electrons. The number of hydrogen-bond donors (Lipinski definition) is 0. The van der Waals surface area contributed by atoms with Crippen molar-refractivity contribution < 1.29 is 19.3 Å². The fraction of sp³-hybridized carbons (Fsp3) is 0.303. The number of aromatic amines is 1. The number of rotatable bonds is 12. The van der Waals surface area contributed by atoms with Crippen molar-refractivity contribution in [2.75, 3.05) is 6.61 Å². The van der Waals surface area contributed by atoms with Gasteiger partial charge in [0, 0.05) is 24.1 Å². The molecule has 0 aliphatic carbocycles. The Balaban J connectivity index is 0.000000494. The maximum atomic E-state index is 12.5. The second-order valence-corrected chi connectivity index (χ2v) is 9.67. The van der Waals surface area contributed by atoms with Gasteiger partial charge in [0.1, 0.15) is 5.75 Å². The highest BCUT2D eigenvalue weighted by molar-refractivity contribution is 6.34. The molecule has 5 rings (SSSR count). The highest BCUT2D eigenvalue weighted by Crippen LogP contribution is 2.35. The summed E-state index contributed by atoms with van der Waals surface area (Å²) in [6.45, 7) is 2.68. The highest BCUT2D eigenvalue weighted by atomic mass is 16.7. The van der Waals surface area contributed by atoms with E-state index in [0.29, 0.717) is 12.4 Å². The molecule has 0 aliphatic rings. The fourth-order valence-corrected chi connectivity index (χ4v) is 4.76. The summed E-state index contributed by atoms with van der Waals surface area (Å²) in [4.78, 5) is 2.89. The minimum atomic E-state index is -1.51. The molecule has 1 heterocycles. The number of benzene rings is 4. The zero-order valence-corrected chi connectivity index (χ0v) is 22.4. The summed E-state index contributed by atoms with van der Waals surface area (Å²) in [5.74, 6) is 0.583. The maximum Gasteiger partial charge on any atom is 0.418 e. The molecule has 0 spiro atoms. The molecule has 1 N–H and O–H groups in total. The van der Waals surface area contributed by atoms with Gasteiger partial charge >= 0.3 is 7.32 Å². The Morgan fingerprint density at radius 3 is 2.00 bits per heavy atom. The summed E-state index contributed by atoms with van der Waals surface area (Å²) in [6, 6.07) is 28.6. The first kappa shape index (κ1) is 27.6. The van der Waals surface area contributed by atoms with Gasteiger partial charge in [-0.15, -0.1) is 0 Å². The van der Waals surface area contributed by atoms with Crippen LogP contribution in [0.2, 0.25) is 0 Å². The van der Waals surface area contributed by atoms with Crippen LogP contribution in [0, 0.1) is 0 Å². The molecular weight excluding hydrogens is 469 g/mol. The fourth-order valence-electron chi connectivity index (χ4n) is 4.76. The minimum absolute atomic E-state index is 0.444. The van der Waals surface area contributed by atoms with Crippen molar-refractivity contribution in [1.82, 2.24) is 0 Å². The van der Waals surface area contributed by atoms with Crippen molar-refractivity contribution in [2.24, 2.45) is 0 Å². The van der Waals surface area contributed by atoms with Crippen LogP contribution in [0.25, 0.3) is 32.3 Å². The predicted octanol–water partition coefficient (Wildman–Crippen LogP) is 7.53. The molecule has 0 atom stereocenters. The lowest BCUT2D eigenvalue weighted by atomic mass is 9.97. The van der Waals surface area contributed by atoms with E-state index < -0.39 is 7.32 Å². The number of fused-ring (bicyclic) bond motifs is 4. The Labute approximate surface area is 226 Å². The second kappa shape index (κ2) is 15.1. The van der Waals surface area contributed by atoms with Crippen LogP contribution in [-0.2, 0) is 4.65 Å². The van der Waals surface area contributed by atoms with Crippen LogP contribution in [0.3, 0.4) is 0 Å². The van der Waals surface area contributed by atoms with Gasteiger partial charge < -0.3 is 14.3 Å². The predicted molar refractivity (Wildman–Crippen MR) is 157 cm³/mol. The number of pyridine rings is 1. The molecule has 0 saturated heterocycles. The van der Waals surface area contributed by atoms with E-state index in [4.69, 9.17) is 9.31 Å². The lowest BCUT2D eigenvalue weighted by Crippen LogP contribution is -2.41. The largest absolute Gasteiger partial charge is 0.820 e. The van der Waals surface area contributed by atoms with E-state index in [1.807, 2.05) is 48.8 Å². The van der Waals surface area contributed by atoms with Crippen molar-refractivity contribution in [1.29, 1.82) is 0 Å². The number of hydrogen-bond acceptors (Lipinski definition) is 3. The van der Waals surface area contributed by atoms with Crippen LogP contribution in [0.5, 0.6) is 5.75 Å². The molecule has 0 unspecified atom stereocenters. The van der Waals surface area contributed by atoms with E-state index in [0.717, 1.165) is 34.4 Å². The zero-order chi connectivity index (χ0) is 26.4. The summed E-state index contributed by atoms with van der Waals surface area (Å²) in [7, 11) is -1.51. The molecule has 0 bridgehead atoms. The van der Waals surface area contributed by atoms with Crippen LogP contribution in [0.4, 0.5) is 0 Å². The van der Waals surface area contributed by atoms with Crippen molar-refractivity contribution in [3.05, 3.63) is 97.3 Å². The highest BCUT2D eigenvalue weighted by Gasteiger charge is 2.11. The molecule has 0 radical (unpaired) electrons. The summed E-state index contributed by atoms with van der Waals surface area (Å²) in [6.07, 6.45) is 13.5. The van der Waals surface area contributed by atoms with Gasteiger partial charge in [0.2, 0.25) is 0 Å². The third-order valence-electron chi connectivity index (χ3n) is 6.77. The van der Waals surface area contributed by atoms with Gasteiger partial charge in [-0.2, -0.15) is 0 Å². The lowest BCUT2D eigenvalue weighted by Gasteiger charge is -2.22. The number of unbranched alkanes of at least 4 members (excludes halogenated alkanes) is 7. The molecule has 1 aromatic heterocycles. The maximum absolute atomic E-state index is 12.5. The molecule has 5 heteroatoms. The minimum Gasteiger partial charge on any atom is -0.820 e. The normalized spacial score (nSPS) is 10.9. The topological polar surface area (TPSA) is 55.7 Å². The van der Waals surface area contributed by atoms with Crippen molar-refractivity contribution in [3.63, 3.8) is 0 Å². The molecule has 4 aromatic carbocycles. The molecular formula is C33H38BNO3. The first-order valence-electron chi connectivity index (χ1n) is 14.0. The first-order chi connectivity index (χ1) is 18.8. The Morgan fingerprint density at radius 1 is 0.658 bits per heavy atom. The quantitative estimate of drug-likeness (QED) is 0.0759. The molecule has 0 saturated carbocycles. The summed E-state index contributed by atoms with van der Waals surface area (Å²) in [5, 5.41) is 19.1. The monoisotopic (exact) mass is 507 g/mol. The molecule has 0 aliphatic heterocycles. The average Bonchev–Trinajstić information content (AvgIpc) is 2.96. The zero-order valence-electron chi connectivity index (χ0n) is 22.4. The van der Waals surface area contributed by atoms with Crippen molar-refractivity contribution in [3.8, 4) is 5.75 Å². The lowest BCUT2D eigenvalue weighted by molar-refractivity contribution is -0.377. The second-order valence-electron chi connectivity index (χ2n) is 9.67. The smallest absolute Gasteiger partial charge is 0.418 e. The van der Waals surface area contributed by atoms with Crippen molar-refractivity contribution in [2.45, 2.75) is 58.3 Å². The SMILES string of the molecule is CCCCCCCCCCOB([O-])Oc1cccc2ccc3cc4ccccc4cc3c12.c1cc[nH+]cc1. The number of aromatic nitrogens is 1. The van der Waals surface area contributed by atoms with E-state index in [9.17, 15) is 5.02 Å². The van der Waals surface area contributed by atoms with Gasteiger partial charge in [-0.05, 0) is 51.6 Å². The Bertz CT molecular complexity index is 1370. The van der Waals surface area contributed by atoms with Gasteiger partial charge in [0.15, 0.2) is 12.4 Å². The van der Waals surface area contributed by atoms with Gasteiger partial charge in [0.25, 0.3) is 0 Å². The Kier molecular flexibility index (Phi) is 11.0. The molecule has 4 nitrogen and oxygen atoms in total. The summed E-state index contributed by atoms with van der Waals surface area (Å²) < 4.78 is 11.2. The van der Waals surface area contributed by atoms with Crippen LogP contribution >= 0.6 is 0 Å². The number of H-pyrrole nitrogens is 1. The van der Waals surface area contributed by atoms with Crippen LogP contribution in [0.15, 0.2) is 97.3 Å². The average molecular weight is 507 g/mol. The standard InChI is InChI=1S/C28H32BO3.C5H5N/c1-2-3-4-5-6-7-8-11-19-31-29(30)32-27-16-12-15-22-17-18-25-20-23-13-9-10-14-24(23)21-26(25)28(22)27;1-2-4-6-5-3-1/h9-10,12-18,20-21H,2-8,11,19H2,1H3;1-5H/q-1;/p+1. The number of nitrogens with one attached hydrogen (secondary N) is 1. The van der Waals surface area contributed by atoms with Gasteiger partial charge in [-0.25, -0.2) is 4.98 Å². The van der Waals surface area contributed by atoms with E-state index in [1.54, 1.807) is 0 Å². The van der Waals surface area contributed by atoms with Gasteiger partial charge in [-0.3, -0.25) is 0 Å². The van der Waals surface area contributed by atoms with Crippen LogP contribution in [-0.4, -0.2) is 13.9 Å². The van der Waals surface area contributed by atoms with E-state index in [-0.39, 0.29) is 0 Å². The van der Waals surface area contributed by atoms with E-state index in [2.05, 4.69) is 60.4 Å². The Morgan fingerprint density at radius 2 is 1.32 bits per heavy atom. The summed E-state index contributed by atoms with van der Waals surface area (Å²) >= 11 is 0. The van der Waals surface area contributed by atoms with E-state index in [1.165, 1.54) is 49.3 Å². The van der Waals surface area contributed by atoms with Gasteiger partial charge in [0.05, 0.1) is 0 Å². The molecule has 5 aromatic rings. The molecule has 0 fully saturated rings. The van der Waals surface area contributed by atoms with Crippen LogP contribution < -0.4 is 14.7 Å². The summed E-state index contributed by atoms with van der Waals surface area (Å²) in [5.41, 5.74) is 0. The van der Waals surface area contributed by atoms with Crippen LogP contribution in [0.1, 0.15) is 58.3 Å². The third kappa shape index (κ3) is 8.05. The first-order valence-corrected chi connectivity index (χ1v) is 14.0.